The molecule has 1 rings (SSSR count). The number of hydrogen-bond acceptors (Lipinski definition) is 1. The summed E-state index contributed by atoms with van der Waals surface area (Å²) < 4.78 is 13.0. The molecule has 0 aliphatic heterocycles. The summed E-state index contributed by atoms with van der Waals surface area (Å²) in [6.07, 6.45) is 4.94. The first-order valence-electron chi connectivity index (χ1n) is 3.15. The Morgan fingerprint density at radius 1 is 1.58 bits per heavy atom. The summed E-state index contributed by atoms with van der Waals surface area (Å²) in [6, 6.07) is 3.92. The van der Waals surface area contributed by atoms with Gasteiger partial charge < -0.3 is 5.11 Å². The van der Waals surface area contributed by atoms with Crippen molar-refractivity contribution in [2.75, 3.05) is 0 Å². The lowest BCUT2D eigenvalue weighted by Crippen LogP contribution is -2.01. The van der Waals surface area contributed by atoms with Crippen molar-refractivity contribution in [2.24, 2.45) is 0 Å². The lowest BCUT2D eigenvalue weighted by atomic mass is 10.1. The first kappa shape index (κ1) is 8.28. The molecule has 0 unspecified atom stereocenters. The number of terminal acetylenes is 1. The van der Waals surface area contributed by atoms with Gasteiger partial charge in [0.05, 0.1) is 11.1 Å². The van der Waals surface area contributed by atoms with Gasteiger partial charge in [-0.3, -0.25) is 0 Å². The molecule has 0 saturated carbocycles. The van der Waals surface area contributed by atoms with Crippen LogP contribution in [0, 0.1) is 18.2 Å². The second kappa shape index (κ2) is 3.05. The Hall–Kier alpha value is -1.82. The molecular weight excluding hydrogens is 159 g/mol. The second-order valence-corrected chi connectivity index (χ2v) is 2.12. The minimum absolute atomic E-state index is 0.0325. The first-order valence-corrected chi connectivity index (χ1v) is 3.15. The molecule has 60 valence electrons. The van der Waals surface area contributed by atoms with Crippen molar-refractivity contribution in [2.45, 2.75) is 0 Å². The zero-order chi connectivity index (χ0) is 9.14. The van der Waals surface area contributed by atoms with Crippen LogP contribution in [0.25, 0.3) is 0 Å². The van der Waals surface area contributed by atoms with Crippen LogP contribution in [0.1, 0.15) is 15.9 Å². The first-order chi connectivity index (χ1) is 5.66. The van der Waals surface area contributed by atoms with Crippen molar-refractivity contribution in [3.8, 4) is 12.3 Å². The van der Waals surface area contributed by atoms with Crippen molar-refractivity contribution in [1.82, 2.24) is 0 Å². The van der Waals surface area contributed by atoms with E-state index in [4.69, 9.17) is 11.5 Å². The third-order valence-corrected chi connectivity index (χ3v) is 1.38. The summed E-state index contributed by atoms with van der Waals surface area (Å²) in [6.45, 7) is 0. The fourth-order valence-corrected chi connectivity index (χ4v) is 0.809. The highest BCUT2D eigenvalue weighted by Gasteiger charge is 2.11. The van der Waals surface area contributed by atoms with Gasteiger partial charge in [-0.2, -0.15) is 0 Å². The van der Waals surface area contributed by atoms with Gasteiger partial charge >= 0.3 is 5.97 Å². The maximum atomic E-state index is 13.0. The Morgan fingerprint density at radius 2 is 2.25 bits per heavy atom. The maximum absolute atomic E-state index is 13.0. The molecule has 2 nitrogen and oxygen atoms in total. The molecule has 0 fully saturated rings. The molecule has 3 heteroatoms. The van der Waals surface area contributed by atoms with Gasteiger partial charge in [0.2, 0.25) is 0 Å². The smallest absolute Gasteiger partial charge is 0.338 e. The van der Waals surface area contributed by atoms with Gasteiger partial charge in [0.25, 0.3) is 0 Å². The van der Waals surface area contributed by atoms with Crippen molar-refractivity contribution in [3.05, 3.63) is 35.1 Å². The normalized spacial score (nSPS) is 9.00. The lowest BCUT2D eigenvalue weighted by Gasteiger charge is -1.97. The number of benzene rings is 1. The highest BCUT2D eigenvalue weighted by Crippen LogP contribution is 2.11. The predicted octanol–water partition coefficient (Wildman–Crippen LogP) is 1.51. The van der Waals surface area contributed by atoms with Crippen molar-refractivity contribution >= 4 is 5.97 Å². The molecule has 0 spiro atoms. The van der Waals surface area contributed by atoms with E-state index in [0.717, 1.165) is 0 Å². The van der Waals surface area contributed by atoms with Crippen LogP contribution < -0.4 is 0 Å². The zero-order valence-electron chi connectivity index (χ0n) is 6.04. The molecule has 0 radical (unpaired) electrons. The summed E-state index contributed by atoms with van der Waals surface area (Å²) in [5.41, 5.74) is -0.430. The highest BCUT2D eigenvalue weighted by atomic mass is 19.1. The number of carboxylic acid groups (broad SMARTS) is 1. The molecule has 0 saturated heterocycles. The van der Waals surface area contributed by atoms with E-state index in [9.17, 15) is 9.18 Å². The fraction of sp³-hybridized carbons (Fsp3) is 0. The van der Waals surface area contributed by atoms with Crippen LogP contribution in [-0.4, -0.2) is 11.1 Å². The molecular formula is C9H5FO2. The highest BCUT2D eigenvalue weighted by molar-refractivity contribution is 5.88. The molecule has 12 heavy (non-hydrogen) atoms. The van der Waals surface area contributed by atoms with E-state index >= 15 is 0 Å². The summed E-state index contributed by atoms with van der Waals surface area (Å²) in [5.74, 6) is -0.117. The zero-order valence-corrected chi connectivity index (χ0v) is 6.04. The Labute approximate surface area is 68.6 Å². The van der Waals surface area contributed by atoms with Crippen LogP contribution in [0.4, 0.5) is 4.39 Å². The molecule has 0 bridgehead atoms. The molecule has 0 amide bonds. The summed E-state index contributed by atoms with van der Waals surface area (Å²) in [5, 5.41) is 8.48. The van der Waals surface area contributed by atoms with E-state index in [2.05, 4.69) is 5.92 Å². The quantitative estimate of drug-likeness (QED) is 0.638. The number of halogens is 1. The SMILES string of the molecule is C#Cc1cccc(C(=O)O)c1F. The number of hydrogen-bond donors (Lipinski definition) is 1. The third kappa shape index (κ3) is 1.28. The van der Waals surface area contributed by atoms with Gasteiger partial charge in [0.15, 0.2) is 5.82 Å². The fourth-order valence-electron chi connectivity index (χ4n) is 0.809. The largest absolute Gasteiger partial charge is 0.478 e. The van der Waals surface area contributed by atoms with Crippen LogP contribution in [0.5, 0.6) is 0 Å². The van der Waals surface area contributed by atoms with Crippen LogP contribution >= 0.6 is 0 Å². The summed E-state index contributed by atoms with van der Waals surface area (Å²) >= 11 is 0. The van der Waals surface area contributed by atoms with Gasteiger partial charge in [-0.05, 0) is 12.1 Å². The Morgan fingerprint density at radius 3 is 2.75 bits per heavy atom. The van der Waals surface area contributed by atoms with Gasteiger partial charge in [-0.15, -0.1) is 6.42 Å². The van der Waals surface area contributed by atoms with E-state index in [1.54, 1.807) is 0 Å². The molecule has 1 N–H and O–H groups in total. The van der Waals surface area contributed by atoms with Gasteiger partial charge in [-0.1, -0.05) is 12.0 Å². The van der Waals surface area contributed by atoms with E-state index in [1.807, 2.05) is 0 Å². The minimum atomic E-state index is -1.32. The average molecular weight is 164 g/mol. The summed E-state index contributed by atoms with van der Waals surface area (Å²) in [7, 11) is 0. The van der Waals surface area contributed by atoms with Crippen molar-refractivity contribution in [3.63, 3.8) is 0 Å². The van der Waals surface area contributed by atoms with Crippen molar-refractivity contribution in [1.29, 1.82) is 0 Å². The van der Waals surface area contributed by atoms with Crippen LogP contribution in [-0.2, 0) is 0 Å². The standard InChI is InChI=1S/C9H5FO2/c1-2-6-4-3-5-7(8(6)10)9(11)12/h1,3-5H,(H,11,12). The lowest BCUT2D eigenvalue weighted by molar-refractivity contribution is 0.0692. The molecule has 1 aromatic carbocycles. The van der Waals surface area contributed by atoms with E-state index in [0.29, 0.717) is 0 Å². The van der Waals surface area contributed by atoms with E-state index in [1.165, 1.54) is 18.2 Å². The Balaban J connectivity index is 3.35. The number of carbonyl (C=O) groups is 1. The Bertz CT molecular complexity index is 363. The number of carboxylic acids is 1. The van der Waals surface area contributed by atoms with Gasteiger partial charge in [-0.25, -0.2) is 9.18 Å². The molecule has 0 heterocycles. The molecule has 0 atom stereocenters. The van der Waals surface area contributed by atoms with E-state index in [-0.39, 0.29) is 5.56 Å². The summed E-state index contributed by atoms with van der Waals surface area (Å²) in [4.78, 5) is 10.4. The van der Waals surface area contributed by atoms with Crippen molar-refractivity contribution < 1.29 is 14.3 Å². The van der Waals surface area contributed by atoms with Crippen LogP contribution in [0.15, 0.2) is 18.2 Å². The second-order valence-electron chi connectivity index (χ2n) is 2.12. The third-order valence-electron chi connectivity index (χ3n) is 1.38. The molecule has 0 aliphatic carbocycles. The molecule has 0 aromatic heterocycles. The topological polar surface area (TPSA) is 37.3 Å². The molecule has 1 aromatic rings. The molecule has 0 aliphatic rings. The average Bonchev–Trinajstić information content (AvgIpc) is 2.04. The maximum Gasteiger partial charge on any atom is 0.338 e. The predicted molar refractivity (Wildman–Crippen MR) is 41.3 cm³/mol. The monoisotopic (exact) mass is 164 g/mol. The van der Waals surface area contributed by atoms with Crippen LogP contribution in [0.2, 0.25) is 0 Å². The van der Waals surface area contributed by atoms with Gasteiger partial charge in [0.1, 0.15) is 0 Å². The minimum Gasteiger partial charge on any atom is -0.478 e. The van der Waals surface area contributed by atoms with E-state index < -0.39 is 17.3 Å². The Kier molecular flexibility index (Phi) is 2.11. The van der Waals surface area contributed by atoms with Gasteiger partial charge in [0, 0.05) is 0 Å². The number of aromatic carboxylic acids is 1. The number of rotatable bonds is 1. The van der Waals surface area contributed by atoms with Crippen LogP contribution in [0.3, 0.4) is 0 Å².